The molecule has 0 aliphatic carbocycles. The molecule has 22 heavy (non-hydrogen) atoms. The fourth-order valence-corrected chi connectivity index (χ4v) is 3.16. The zero-order chi connectivity index (χ0) is 15.4. The molecule has 0 saturated carbocycles. The van der Waals surface area contributed by atoms with Crippen LogP contribution in [0.1, 0.15) is 30.0 Å². The van der Waals surface area contributed by atoms with Crippen LogP contribution in [0.3, 0.4) is 0 Å². The molecule has 0 amide bonds. The maximum Gasteiger partial charge on any atom is 0.121 e. The molecule has 1 unspecified atom stereocenters. The van der Waals surface area contributed by atoms with Crippen molar-refractivity contribution >= 4 is 15.9 Å². The predicted octanol–water partition coefficient (Wildman–Crippen LogP) is 4.34. The molecule has 1 saturated heterocycles. The summed E-state index contributed by atoms with van der Waals surface area (Å²) in [6.07, 6.45) is 2.39. The van der Waals surface area contributed by atoms with E-state index in [4.69, 9.17) is 0 Å². The van der Waals surface area contributed by atoms with Gasteiger partial charge in [-0.25, -0.2) is 0 Å². The number of likely N-dealkylation sites (tertiary alicyclic amines) is 1. The topological polar surface area (TPSA) is 23.5 Å². The summed E-state index contributed by atoms with van der Waals surface area (Å²) in [4.78, 5) is 2.34. The summed E-state index contributed by atoms with van der Waals surface area (Å²) in [7, 11) is 0. The van der Waals surface area contributed by atoms with E-state index in [1.807, 2.05) is 42.5 Å². The number of aromatic hydroxyl groups is 1. The lowest BCUT2D eigenvalue weighted by Gasteiger charge is -2.24. The number of rotatable bonds is 2. The first-order valence-corrected chi connectivity index (χ1v) is 8.32. The van der Waals surface area contributed by atoms with E-state index in [0.29, 0.717) is 5.75 Å². The monoisotopic (exact) mass is 355 g/mol. The van der Waals surface area contributed by atoms with Gasteiger partial charge in [-0.1, -0.05) is 46.0 Å². The summed E-state index contributed by atoms with van der Waals surface area (Å²) < 4.78 is 0.964. The average Bonchev–Trinajstić information content (AvgIpc) is 3.06. The Morgan fingerprint density at radius 2 is 1.77 bits per heavy atom. The van der Waals surface area contributed by atoms with E-state index < -0.39 is 0 Å². The molecule has 0 radical (unpaired) electrons. The number of hydrogen-bond acceptors (Lipinski definition) is 2. The molecule has 1 atom stereocenters. The van der Waals surface area contributed by atoms with Crippen molar-refractivity contribution in [3.63, 3.8) is 0 Å². The largest absolute Gasteiger partial charge is 0.508 e. The zero-order valence-corrected chi connectivity index (χ0v) is 13.9. The summed E-state index contributed by atoms with van der Waals surface area (Å²) in [6, 6.07) is 15.5. The van der Waals surface area contributed by atoms with Crippen molar-refractivity contribution in [1.82, 2.24) is 4.90 Å². The molecule has 1 fully saturated rings. The van der Waals surface area contributed by atoms with E-state index in [9.17, 15) is 5.11 Å². The Morgan fingerprint density at radius 1 is 1.05 bits per heavy atom. The fraction of sp³-hybridized carbons (Fsp3) is 0.263. The van der Waals surface area contributed by atoms with E-state index in [2.05, 4.69) is 32.7 Å². The van der Waals surface area contributed by atoms with Crippen LogP contribution in [0, 0.1) is 11.8 Å². The first-order valence-electron chi connectivity index (χ1n) is 7.53. The van der Waals surface area contributed by atoms with Crippen LogP contribution in [0.5, 0.6) is 5.75 Å². The van der Waals surface area contributed by atoms with Gasteiger partial charge < -0.3 is 5.11 Å². The average molecular weight is 356 g/mol. The van der Waals surface area contributed by atoms with Crippen LogP contribution in [-0.2, 0) is 0 Å². The molecule has 2 aromatic carbocycles. The van der Waals surface area contributed by atoms with E-state index in [-0.39, 0.29) is 6.04 Å². The molecular weight excluding hydrogens is 338 g/mol. The standard InChI is InChI=1S/C19H18BrNO/c20-16-9-11-19(22)17(14-16)18(21-12-4-5-13-21)10-8-15-6-2-1-3-7-15/h1-3,6-7,9,11,14,18,22H,4-5,12-13H2. The van der Waals surface area contributed by atoms with Crippen LogP contribution in [0.2, 0.25) is 0 Å². The number of phenolic OH excluding ortho intramolecular Hbond substituents is 1. The third-order valence-corrected chi connectivity index (χ3v) is 4.41. The third-order valence-electron chi connectivity index (χ3n) is 3.92. The number of hydrogen-bond donors (Lipinski definition) is 1. The molecule has 2 nitrogen and oxygen atoms in total. The van der Waals surface area contributed by atoms with Gasteiger partial charge in [-0.2, -0.15) is 0 Å². The second-order valence-electron chi connectivity index (χ2n) is 5.48. The van der Waals surface area contributed by atoms with Crippen LogP contribution in [0.25, 0.3) is 0 Å². The van der Waals surface area contributed by atoms with Crippen molar-refractivity contribution in [3.05, 3.63) is 64.1 Å². The smallest absolute Gasteiger partial charge is 0.121 e. The highest BCUT2D eigenvalue weighted by atomic mass is 79.9. The van der Waals surface area contributed by atoms with E-state index >= 15 is 0 Å². The lowest BCUT2D eigenvalue weighted by molar-refractivity contribution is 0.290. The molecule has 0 bridgehead atoms. The maximum absolute atomic E-state index is 10.2. The van der Waals surface area contributed by atoms with E-state index in [1.54, 1.807) is 6.07 Å². The molecule has 112 valence electrons. The molecule has 0 spiro atoms. The van der Waals surface area contributed by atoms with Crippen LogP contribution >= 0.6 is 15.9 Å². The Labute approximate surface area is 139 Å². The van der Waals surface area contributed by atoms with Gasteiger partial charge in [0.1, 0.15) is 11.8 Å². The summed E-state index contributed by atoms with van der Waals surface area (Å²) in [5.41, 5.74) is 1.88. The lowest BCUT2D eigenvalue weighted by Crippen LogP contribution is -2.24. The van der Waals surface area contributed by atoms with Gasteiger partial charge in [0.15, 0.2) is 0 Å². The van der Waals surface area contributed by atoms with E-state index in [1.165, 1.54) is 12.8 Å². The van der Waals surface area contributed by atoms with Crippen molar-refractivity contribution < 1.29 is 5.11 Å². The Bertz CT molecular complexity index is 696. The summed E-state index contributed by atoms with van der Waals surface area (Å²) in [6.45, 7) is 2.06. The molecule has 1 aliphatic heterocycles. The molecule has 0 aromatic heterocycles. The minimum atomic E-state index is -0.0693. The molecule has 3 heteroatoms. The van der Waals surface area contributed by atoms with Crippen LogP contribution in [0.4, 0.5) is 0 Å². The van der Waals surface area contributed by atoms with Gasteiger partial charge in [0.05, 0.1) is 0 Å². The number of phenols is 1. The lowest BCUT2D eigenvalue weighted by atomic mass is 10.0. The molecule has 1 heterocycles. The molecule has 1 N–H and O–H groups in total. The number of halogens is 1. The minimum Gasteiger partial charge on any atom is -0.508 e. The SMILES string of the molecule is Oc1ccc(Br)cc1C(C#Cc1ccccc1)N1CCCC1. The first-order chi connectivity index (χ1) is 10.7. The van der Waals surface area contributed by atoms with Crippen LogP contribution in [0.15, 0.2) is 53.0 Å². The van der Waals surface area contributed by atoms with Crippen molar-refractivity contribution in [2.24, 2.45) is 0 Å². The van der Waals surface area contributed by atoms with Gasteiger partial charge >= 0.3 is 0 Å². The van der Waals surface area contributed by atoms with E-state index in [0.717, 1.165) is 28.7 Å². The van der Waals surface area contributed by atoms with Gasteiger partial charge in [-0.05, 0) is 56.3 Å². The third kappa shape index (κ3) is 3.52. The van der Waals surface area contributed by atoms with Gasteiger partial charge in [0, 0.05) is 15.6 Å². The van der Waals surface area contributed by atoms with Crippen LogP contribution < -0.4 is 0 Å². The first kappa shape index (κ1) is 15.1. The normalized spacial score (nSPS) is 16.0. The molecule has 2 aromatic rings. The highest BCUT2D eigenvalue weighted by molar-refractivity contribution is 9.10. The van der Waals surface area contributed by atoms with Crippen molar-refractivity contribution in [1.29, 1.82) is 0 Å². The Kier molecular flexibility index (Phi) is 4.82. The highest BCUT2D eigenvalue weighted by Gasteiger charge is 2.24. The van der Waals surface area contributed by atoms with Crippen molar-refractivity contribution in [2.45, 2.75) is 18.9 Å². The van der Waals surface area contributed by atoms with Crippen molar-refractivity contribution in [2.75, 3.05) is 13.1 Å². The van der Waals surface area contributed by atoms with Gasteiger partial charge in [-0.3, -0.25) is 4.90 Å². The summed E-state index contributed by atoms with van der Waals surface area (Å²) in [5.74, 6) is 6.91. The second kappa shape index (κ2) is 7.00. The fourth-order valence-electron chi connectivity index (χ4n) is 2.78. The second-order valence-corrected chi connectivity index (χ2v) is 6.40. The summed E-state index contributed by atoms with van der Waals surface area (Å²) >= 11 is 3.49. The van der Waals surface area contributed by atoms with Gasteiger partial charge in [-0.15, -0.1) is 0 Å². The van der Waals surface area contributed by atoms with Crippen LogP contribution in [-0.4, -0.2) is 23.1 Å². The minimum absolute atomic E-state index is 0.0693. The van der Waals surface area contributed by atoms with Crippen molar-refractivity contribution in [3.8, 4) is 17.6 Å². The quantitative estimate of drug-likeness (QED) is 0.809. The Balaban J connectivity index is 1.97. The van der Waals surface area contributed by atoms with Gasteiger partial charge in [0.2, 0.25) is 0 Å². The summed E-state index contributed by atoms with van der Waals surface area (Å²) in [5, 5.41) is 10.2. The zero-order valence-electron chi connectivity index (χ0n) is 12.3. The molecule has 3 rings (SSSR count). The molecule has 1 aliphatic rings. The highest BCUT2D eigenvalue weighted by Crippen LogP contribution is 2.32. The number of nitrogens with zero attached hydrogens (tertiary/aromatic N) is 1. The predicted molar refractivity (Wildman–Crippen MR) is 92.7 cm³/mol. The van der Waals surface area contributed by atoms with Gasteiger partial charge in [0.25, 0.3) is 0 Å². The maximum atomic E-state index is 10.2. The number of benzene rings is 2. The Hall–Kier alpha value is -1.76. The molecular formula is C19H18BrNO. The Morgan fingerprint density at radius 3 is 2.50 bits per heavy atom.